The van der Waals surface area contributed by atoms with Crippen LogP contribution in [0.1, 0.15) is 5.69 Å². The highest BCUT2D eigenvalue weighted by Crippen LogP contribution is 2.16. The Balaban J connectivity index is 1.56. The summed E-state index contributed by atoms with van der Waals surface area (Å²) in [5.74, 6) is 0.663. The van der Waals surface area contributed by atoms with Gasteiger partial charge in [-0.1, -0.05) is 17.7 Å². The molecule has 2 aromatic heterocycles. The van der Waals surface area contributed by atoms with Gasteiger partial charge in [0.25, 0.3) is 5.56 Å². The number of aromatic nitrogens is 2. The Morgan fingerprint density at radius 3 is 3.09 bits per heavy atom. The maximum absolute atomic E-state index is 11.9. The predicted octanol–water partition coefficient (Wildman–Crippen LogP) is 3.28. The molecule has 0 spiro atoms. The van der Waals surface area contributed by atoms with Crippen LogP contribution in [0, 0.1) is 0 Å². The molecule has 3 aromatic rings. The van der Waals surface area contributed by atoms with Gasteiger partial charge in [0.15, 0.2) is 4.96 Å². The average Bonchev–Trinajstić information content (AvgIpc) is 2.96. The number of fused-ring (bicyclic) bond motifs is 1. The molecule has 0 bridgehead atoms. The Hall–Kier alpha value is -1.83. The topological polar surface area (TPSA) is 63.5 Å². The fourth-order valence-corrected chi connectivity index (χ4v) is 3.62. The van der Waals surface area contributed by atoms with Crippen molar-refractivity contribution in [1.29, 1.82) is 0 Å². The number of benzene rings is 1. The minimum atomic E-state index is -0.119. The molecule has 1 aromatic carbocycles. The summed E-state index contributed by atoms with van der Waals surface area (Å²) in [5, 5.41) is 5.17. The number of nitrogens with one attached hydrogen (secondary N) is 1. The average molecular weight is 366 g/mol. The van der Waals surface area contributed by atoms with Crippen molar-refractivity contribution in [3.05, 3.63) is 63.0 Å². The van der Waals surface area contributed by atoms with Crippen LogP contribution in [0.4, 0.5) is 5.69 Å². The minimum absolute atomic E-state index is 0.102. The van der Waals surface area contributed by atoms with Crippen LogP contribution in [0.15, 0.2) is 46.7 Å². The summed E-state index contributed by atoms with van der Waals surface area (Å²) in [6, 6.07) is 8.50. The van der Waals surface area contributed by atoms with Gasteiger partial charge in [0.1, 0.15) is 0 Å². The highest BCUT2D eigenvalue weighted by molar-refractivity contribution is 7.99. The molecule has 0 fully saturated rings. The Morgan fingerprint density at radius 2 is 2.26 bits per heavy atom. The largest absolute Gasteiger partial charge is 0.325 e. The molecule has 1 N–H and O–H groups in total. The van der Waals surface area contributed by atoms with E-state index in [0.717, 1.165) is 0 Å². The Bertz CT molecular complexity index is 907. The molecule has 0 saturated carbocycles. The van der Waals surface area contributed by atoms with E-state index in [0.29, 0.717) is 27.1 Å². The lowest BCUT2D eigenvalue weighted by atomic mass is 10.3. The van der Waals surface area contributed by atoms with Crippen LogP contribution in [-0.2, 0) is 10.5 Å². The lowest BCUT2D eigenvalue weighted by molar-refractivity contribution is -0.113. The molecule has 118 valence electrons. The maximum Gasteiger partial charge on any atom is 0.258 e. The highest BCUT2D eigenvalue weighted by atomic mass is 35.5. The van der Waals surface area contributed by atoms with Crippen molar-refractivity contribution in [2.75, 3.05) is 11.1 Å². The zero-order valence-electron chi connectivity index (χ0n) is 11.9. The highest BCUT2D eigenvalue weighted by Gasteiger charge is 2.06. The first-order chi connectivity index (χ1) is 11.1. The molecule has 0 unspecified atom stereocenters. The molecule has 0 atom stereocenters. The molecule has 3 rings (SSSR count). The van der Waals surface area contributed by atoms with E-state index in [4.69, 9.17) is 11.6 Å². The normalized spacial score (nSPS) is 10.8. The number of carbonyl (C=O) groups is 1. The number of rotatable bonds is 5. The Labute approximate surface area is 145 Å². The molecule has 5 nitrogen and oxygen atoms in total. The van der Waals surface area contributed by atoms with E-state index in [-0.39, 0.29) is 17.2 Å². The fourth-order valence-electron chi connectivity index (χ4n) is 1.97. The quantitative estimate of drug-likeness (QED) is 0.753. The summed E-state index contributed by atoms with van der Waals surface area (Å²) in [6.07, 6.45) is 1.70. The second-order valence-electron chi connectivity index (χ2n) is 4.69. The molecular weight excluding hydrogens is 354 g/mol. The summed E-state index contributed by atoms with van der Waals surface area (Å²) < 4.78 is 1.50. The van der Waals surface area contributed by atoms with Gasteiger partial charge in [-0.3, -0.25) is 14.0 Å². The number of thioether (sulfide) groups is 1. The second kappa shape index (κ2) is 7.16. The molecule has 0 aliphatic heterocycles. The number of hydrogen-bond donors (Lipinski definition) is 1. The monoisotopic (exact) mass is 365 g/mol. The number of amides is 1. The third-order valence-corrected chi connectivity index (χ3v) is 4.91. The third kappa shape index (κ3) is 4.13. The number of thiazole rings is 1. The standard InChI is InChI=1S/C15H12ClN3O2S2/c16-10-2-1-3-11(6-10)17-13(20)9-22-8-12-7-14(21)19-4-5-23-15(19)18-12/h1-7H,8-9H2,(H,17,20). The lowest BCUT2D eigenvalue weighted by Crippen LogP contribution is -2.15. The molecule has 0 radical (unpaired) electrons. The summed E-state index contributed by atoms with van der Waals surface area (Å²) >= 11 is 8.69. The maximum atomic E-state index is 11.9. The molecule has 0 saturated heterocycles. The van der Waals surface area contributed by atoms with E-state index in [1.807, 2.05) is 5.38 Å². The number of hydrogen-bond acceptors (Lipinski definition) is 5. The SMILES string of the molecule is O=C(CSCc1cc(=O)n2ccsc2n1)Nc1cccc(Cl)c1. The molecule has 2 heterocycles. The van der Waals surface area contributed by atoms with E-state index in [9.17, 15) is 9.59 Å². The van der Waals surface area contributed by atoms with Crippen molar-refractivity contribution in [1.82, 2.24) is 9.38 Å². The van der Waals surface area contributed by atoms with Crippen LogP contribution in [-0.4, -0.2) is 21.0 Å². The zero-order valence-corrected chi connectivity index (χ0v) is 14.2. The lowest BCUT2D eigenvalue weighted by Gasteiger charge is -2.05. The Kier molecular flexibility index (Phi) is 5.00. The van der Waals surface area contributed by atoms with Crippen molar-refractivity contribution in [3.63, 3.8) is 0 Å². The third-order valence-electron chi connectivity index (χ3n) is 2.95. The molecule has 0 aliphatic carbocycles. The number of halogens is 1. The Morgan fingerprint density at radius 1 is 1.39 bits per heavy atom. The number of carbonyl (C=O) groups excluding carboxylic acids is 1. The zero-order chi connectivity index (χ0) is 16.2. The minimum Gasteiger partial charge on any atom is -0.325 e. The van der Waals surface area contributed by atoms with E-state index in [2.05, 4.69) is 10.3 Å². The van der Waals surface area contributed by atoms with E-state index < -0.39 is 0 Å². The van der Waals surface area contributed by atoms with Gasteiger partial charge in [-0.2, -0.15) is 0 Å². The van der Waals surface area contributed by atoms with E-state index >= 15 is 0 Å². The summed E-state index contributed by atoms with van der Waals surface area (Å²) in [7, 11) is 0. The van der Waals surface area contributed by atoms with Crippen molar-refractivity contribution >= 4 is 51.3 Å². The van der Waals surface area contributed by atoms with Gasteiger partial charge in [-0.15, -0.1) is 23.1 Å². The van der Waals surface area contributed by atoms with Gasteiger partial charge in [-0.05, 0) is 18.2 Å². The van der Waals surface area contributed by atoms with Gasteiger partial charge in [0, 0.05) is 34.1 Å². The summed E-state index contributed by atoms with van der Waals surface area (Å²) in [6.45, 7) is 0. The van der Waals surface area contributed by atoms with Crippen LogP contribution in [0.2, 0.25) is 5.02 Å². The van der Waals surface area contributed by atoms with Gasteiger partial charge in [0.2, 0.25) is 5.91 Å². The second-order valence-corrected chi connectivity index (χ2v) is 6.99. The summed E-state index contributed by atoms with van der Waals surface area (Å²) in [5.41, 5.74) is 1.24. The van der Waals surface area contributed by atoms with Gasteiger partial charge < -0.3 is 5.32 Å². The van der Waals surface area contributed by atoms with Crippen molar-refractivity contribution < 1.29 is 4.79 Å². The van der Waals surface area contributed by atoms with Crippen LogP contribution >= 0.6 is 34.7 Å². The first-order valence-electron chi connectivity index (χ1n) is 6.71. The molecule has 0 aliphatic rings. The molecule has 8 heteroatoms. The van der Waals surface area contributed by atoms with Gasteiger partial charge in [-0.25, -0.2) is 4.98 Å². The fraction of sp³-hybridized carbons (Fsp3) is 0.133. The van der Waals surface area contributed by atoms with Crippen molar-refractivity contribution in [2.24, 2.45) is 0 Å². The van der Waals surface area contributed by atoms with Crippen LogP contribution < -0.4 is 10.9 Å². The van der Waals surface area contributed by atoms with Crippen LogP contribution in [0.5, 0.6) is 0 Å². The van der Waals surface area contributed by atoms with Gasteiger partial charge >= 0.3 is 0 Å². The van der Waals surface area contributed by atoms with Gasteiger partial charge in [0.05, 0.1) is 11.4 Å². The number of nitrogens with zero attached hydrogens (tertiary/aromatic N) is 2. The number of anilines is 1. The van der Waals surface area contributed by atoms with Crippen molar-refractivity contribution in [2.45, 2.75) is 5.75 Å². The van der Waals surface area contributed by atoms with Crippen LogP contribution in [0.25, 0.3) is 4.96 Å². The molecular formula is C15H12ClN3O2S2. The summed E-state index contributed by atoms with van der Waals surface area (Å²) in [4.78, 5) is 28.8. The molecule has 1 amide bonds. The van der Waals surface area contributed by atoms with E-state index in [1.54, 1.807) is 30.5 Å². The first-order valence-corrected chi connectivity index (χ1v) is 9.12. The first kappa shape index (κ1) is 16.0. The smallest absolute Gasteiger partial charge is 0.258 e. The molecule has 23 heavy (non-hydrogen) atoms. The predicted molar refractivity (Wildman–Crippen MR) is 95.6 cm³/mol. The van der Waals surface area contributed by atoms with Crippen molar-refractivity contribution in [3.8, 4) is 0 Å². The van der Waals surface area contributed by atoms with E-state index in [1.165, 1.54) is 33.6 Å². The van der Waals surface area contributed by atoms with Crippen LogP contribution in [0.3, 0.4) is 0 Å².